The maximum absolute atomic E-state index is 13.3. The van der Waals surface area contributed by atoms with Crippen LogP contribution in [0.2, 0.25) is 0 Å². The predicted octanol–water partition coefficient (Wildman–Crippen LogP) is 4.89. The Labute approximate surface area is 194 Å². The molecule has 2 aromatic carbocycles. The number of nitrogens with one attached hydrogen (secondary N) is 1. The Morgan fingerprint density at radius 3 is 2.45 bits per heavy atom. The van der Waals surface area contributed by atoms with Crippen molar-refractivity contribution < 1.29 is 14.3 Å². The molecule has 1 aliphatic heterocycles. The standard InChI is InChI=1S/C27H29N3O3/c1-27(2,3)33-26(32)29-23(25(31)21-7-5-4-6-8-21)18-30-16-13-20-9-10-22(17-24(20)30)19-11-14-28-15-12-19/h4-12,14-15,17,23H,13,16,18H2,1-3H3,(H,29,32). The second-order valence-corrected chi connectivity index (χ2v) is 9.20. The van der Waals surface area contributed by atoms with Gasteiger partial charge in [-0.05, 0) is 62.1 Å². The van der Waals surface area contributed by atoms with Gasteiger partial charge in [0.1, 0.15) is 11.6 Å². The first kappa shape index (κ1) is 22.5. The average Bonchev–Trinajstić information content (AvgIpc) is 3.20. The highest BCUT2D eigenvalue weighted by atomic mass is 16.6. The van der Waals surface area contributed by atoms with E-state index in [0.717, 1.165) is 29.8 Å². The van der Waals surface area contributed by atoms with Crippen molar-refractivity contribution in [2.45, 2.75) is 38.8 Å². The van der Waals surface area contributed by atoms with Gasteiger partial charge in [-0.1, -0.05) is 42.5 Å². The normalized spacial score (nSPS) is 13.8. The van der Waals surface area contributed by atoms with Gasteiger partial charge in [0.05, 0.1) is 0 Å². The summed E-state index contributed by atoms with van der Waals surface area (Å²) in [7, 11) is 0. The van der Waals surface area contributed by atoms with Crippen molar-refractivity contribution in [3.05, 3.63) is 84.2 Å². The number of pyridine rings is 1. The van der Waals surface area contributed by atoms with Crippen LogP contribution in [0.1, 0.15) is 36.7 Å². The van der Waals surface area contributed by atoms with Gasteiger partial charge in [-0.25, -0.2) is 4.79 Å². The molecule has 6 nitrogen and oxygen atoms in total. The topological polar surface area (TPSA) is 71.5 Å². The Hall–Kier alpha value is -3.67. The van der Waals surface area contributed by atoms with E-state index in [2.05, 4.69) is 33.4 Å². The van der Waals surface area contributed by atoms with E-state index in [0.29, 0.717) is 12.1 Å². The lowest BCUT2D eigenvalue weighted by Crippen LogP contribution is -2.49. The van der Waals surface area contributed by atoms with Crippen LogP contribution in [0.4, 0.5) is 10.5 Å². The highest BCUT2D eigenvalue weighted by Gasteiger charge is 2.30. The number of anilines is 1. The molecule has 0 spiro atoms. The lowest BCUT2D eigenvalue weighted by atomic mass is 10.0. The van der Waals surface area contributed by atoms with E-state index in [1.165, 1.54) is 5.56 Å². The molecule has 1 aromatic heterocycles. The third-order valence-corrected chi connectivity index (χ3v) is 5.56. The summed E-state index contributed by atoms with van der Waals surface area (Å²) in [4.78, 5) is 32.2. The summed E-state index contributed by atoms with van der Waals surface area (Å²) in [6, 6.07) is 18.7. The lowest BCUT2D eigenvalue weighted by molar-refractivity contribution is 0.0493. The van der Waals surface area contributed by atoms with E-state index in [9.17, 15) is 9.59 Å². The highest BCUT2D eigenvalue weighted by molar-refractivity contribution is 6.02. The third-order valence-electron chi connectivity index (χ3n) is 5.56. The number of ketones is 1. The summed E-state index contributed by atoms with van der Waals surface area (Å²) in [6.45, 7) is 6.55. The summed E-state index contributed by atoms with van der Waals surface area (Å²) in [5.74, 6) is -0.139. The van der Waals surface area contributed by atoms with Crippen molar-refractivity contribution in [1.29, 1.82) is 0 Å². The highest BCUT2D eigenvalue weighted by Crippen LogP contribution is 2.33. The smallest absolute Gasteiger partial charge is 0.408 e. The minimum atomic E-state index is -0.738. The zero-order valence-corrected chi connectivity index (χ0v) is 19.2. The van der Waals surface area contributed by atoms with Crippen LogP contribution in [0.15, 0.2) is 73.1 Å². The first-order chi connectivity index (χ1) is 15.8. The molecule has 0 saturated heterocycles. The fourth-order valence-corrected chi connectivity index (χ4v) is 4.03. The molecule has 4 rings (SSSR count). The molecule has 1 amide bonds. The first-order valence-electron chi connectivity index (χ1n) is 11.2. The number of nitrogens with zero attached hydrogens (tertiary/aromatic N) is 2. The molecule has 1 unspecified atom stereocenters. The van der Waals surface area contributed by atoms with E-state index in [1.807, 2.05) is 30.3 Å². The van der Waals surface area contributed by atoms with Crippen LogP contribution >= 0.6 is 0 Å². The first-order valence-corrected chi connectivity index (χ1v) is 11.2. The van der Waals surface area contributed by atoms with Crippen LogP contribution in [0.3, 0.4) is 0 Å². The molecule has 3 aromatic rings. The number of amides is 1. The summed E-state index contributed by atoms with van der Waals surface area (Å²) in [5.41, 5.74) is 4.41. The molecule has 1 N–H and O–H groups in total. The van der Waals surface area contributed by atoms with Gasteiger partial charge in [0, 0.05) is 36.7 Å². The largest absolute Gasteiger partial charge is 0.444 e. The quantitative estimate of drug-likeness (QED) is 0.550. The van der Waals surface area contributed by atoms with Crippen LogP contribution in [-0.2, 0) is 11.2 Å². The van der Waals surface area contributed by atoms with E-state index in [-0.39, 0.29) is 5.78 Å². The van der Waals surface area contributed by atoms with Crippen LogP contribution in [0, 0.1) is 0 Å². The molecule has 0 fully saturated rings. The number of rotatable bonds is 6. The van der Waals surface area contributed by atoms with Crippen molar-refractivity contribution in [3.63, 3.8) is 0 Å². The summed E-state index contributed by atoms with van der Waals surface area (Å²) >= 11 is 0. The maximum atomic E-state index is 13.3. The second-order valence-electron chi connectivity index (χ2n) is 9.20. The Bertz CT molecular complexity index is 1120. The fraction of sp³-hybridized carbons (Fsp3) is 0.296. The van der Waals surface area contributed by atoms with E-state index in [1.54, 1.807) is 45.3 Å². The monoisotopic (exact) mass is 443 g/mol. The molecule has 2 heterocycles. The number of alkyl carbamates (subject to hydrolysis) is 1. The number of hydrogen-bond donors (Lipinski definition) is 1. The van der Waals surface area contributed by atoms with Crippen molar-refractivity contribution in [2.75, 3.05) is 18.0 Å². The number of ether oxygens (including phenoxy) is 1. The Kier molecular flexibility index (Phi) is 6.45. The van der Waals surface area contributed by atoms with Crippen molar-refractivity contribution in [2.24, 2.45) is 0 Å². The predicted molar refractivity (Wildman–Crippen MR) is 130 cm³/mol. The van der Waals surface area contributed by atoms with Crippen LogP contribution < -0.4 is 10.2 Å². The minimum Gasteiger partial charge on any atom is -0.444 e. The fourth-order valence-electron chi connectivity index (χ4n) is 4.03. The number of benzene rings is 2. The van der Waals surface area contributed by atoms with Crippen molar-refractivity contribution in [1.82, 2.24) is 10.3 Å². The number of hydrogen-bond acceptors (Lipinski definition) is 5. The summed E-state index contributed by atoms with van der Waals surface area (Å²) in [6.07, 6.45) is 3.85. The van der Waals surface area contributed by atoms with Gasteiger partial charge in [-0.3, -0.25) is 9.78 Å². The van der Waals surface area contributed by atoms with Crippen LogP contribution in [0.5, 0.6) is 0 Å². The molecule has 0 aliphatic carbocycles. The molecular weight excluding hydrogens is 414 g/mol. The number of carbonyl (C=O) groups is 2. The zero-order chi connectivity index (χ0) is 23.4. The molecule has 6 heteroatoms. The number of Topliss-reactive ketones (excluding diaryl/α,β-unsaturated/α-hetero) is 1. The van der Waals surface area contributed by atoms with Gasteiger partial charge < -0.3 is 15.0 Å². The molecule has 0 saturated carbocycles. The summed E-state index contributed by atoms with van der Waals surface area (Å²) in [5, 5.41) is 2.82. The van der Waals surface area contributed by atoms with Gasteiger partial charge in [0.2, 0.25) is 0 Å². The van der Waals surface area contributed by atoms with E-state index in [4.69, 9.17) is 4.74 Å². The molecule has 0 bridgehead atoms. The van der Waals surface area contributed by atoms with Gasteiger partial charge in [0.25, 0.3) is 0 Å². The van der Waals surface area contributed by atoms with E-state index >= 15 is 0 Å². The maximum Gasteiger partial charge on any atom is 0.408 e. The summed E-state index contributed by atoms with van der Waals surface area (Å²) < 4.78 is 5.44. The average molecular weight is 444 g/mol. The molecule has 1 atom stereocenters. The van der Waals surface area contributed by atoms with Gasteiger partial charge in [-0.2, -0.15) is 0 Å². The van der Waals surface area contributed by atoms with Crippen molar-refractivity contribution >= 4 is 17.6 Å². The second kappa shape index (κ2) is 9.45. The lowest BCUT2D eigenvalue weighted by Gasteiger charge is -2.28. The third kappa shape index (κ3) is 5.58. The minimum absolute atomic E-state index is 0.139. The molecule has 1 aliphatic rings. The molecule has 170 valence electrons. The van der Waals surface area contributed by atoms with Gasteiger partial charge >= 0.3 is 6.09 Å². The van der Waals surface area contributed by atoms with Crippen LogP contribution in [-0.4, -0.2) is 41.6 Å². The Balaban J connectivity index is 1.59. The van der Waals surface area contributed by atoms with Gasteiger partial charge in [0.15, 0.2) is 5.78 Å². The number of fused-ring (bicyclic) bond motifs is 1. The zero-order valence-electron chi connectivity index (χ0n) is 19.2. The van der Waals surface area contributed by atoms with Crippen LogP contribution in [0.25, 0.3) is 11.1 Å². The Morgan fingerprint density at radius 1 is 1.03 bits per heavy atom. The van der Waals surface area contributed by atoms with Gasteiger partial charge in [-0.15, -0.1) is 0 Å². The number of aromatic nitrogens is 1. The molecule has 0 radical (unpaired) electrons. The Morgan fingerprint density at radius 2 is 1.76 bits per heavy atom. The number of carbonyl (C=O) groups excluding carboxylic acids is 2. The molecular formula is C27H29N3O3. The molecule has 33 heavy (non-hydrogen) atoms. The SMILES string of the molecule is CC(C)(C)OC(=O)NC(CN1CCc2ccc(-c3ccncc3)cc21)C(=O)c1ccccc1. The van der Waals surface area contributed by atoms with E-state index < -0.39 is 17.7 Å². The van der Waals surface area contributed by atoms with Crippen molar-refractivity contribution in [3.8, 4) is 11.1 Å².